The Bertz CT molecular complexity index is 692. The maximum absolute atomic E-state index is 13.0. The number of benzene rings is 1. The highest BCUT2D eigenvalue weighted by Crippen LogP contribution is 2.31. The third-order valence-corrected chi connectivity index (χ3v) is 3.86. The molecule has 7 heteroatoms. The highest BCUT2D eigenvalue weighted by molar-refractivity contribution is 5.81. The van der Waals surface area contributed by atoms with Crippen molar-refractivity contribution >= 4 is 12.0 Å². The molecule has 1 aliphatic heterocycles. The molecule has 3 rings (SSSR count). The van der Waals surface area contributed by atoms with Gasteiger partial charge in [0.15, 0.2) is 0 Å². The largest absolute Gasteiger partial charge is 0.417 e. The first kappa shape index (κ1) is 16.3. The number of rotatable bonds is 3. The highest BCUT2D eigenvalue weighted by atomic mass is 19.4. The van der Waals surface area contributed by atoms with Gasteiger partial charge < -0.3 is 4.90 Å². The summed E-state index contributed by atoms with van der Waals surface area (Å²) in [6, 6.07) is 11.2. The number of pyridine rings is 1. The second-order valence-electron chi connectivity index (χ2n) is 5.46. The summed E-state index contributed by atoms with van der Waals surface area (Å²) in [7, 11) is 0. The van der Waals surface area contributed by atoms with Crippen LogP contribution < -0.4 is 4.90 Å². The minimum absolute atomic E-state index is 0.0807. The molecule has 0 unspecified atom stereocenters. The zero-order valence-corrected chi connectivity index (χ0v) is 12.9. The Hall–Kier alpha value is -2.57. The van der Waals surface area contributed by atoms with Crippen molar-refractivity contribution in [3.05, 3.63) is 59.8 Å². The lowest BCUT2D eigenvalue weighted by molar-refractivity contribution is -0.137. The number of nitrogens with zero attached hydrogens (tertiary/aromatic N) is 4. The molecule has 0 radical (unpaired) electrons. The van der Waals surface area contributed by atoms with E-state index in [4.69, 9.17) is 0 Å². The van der Waals surface area contributed by atoms with Crippen LogP contribution in [0.15, 0.2) is 53.8 Å². The Morgan fingerprint density at radius 1 is 0.958 bits per heavy atom. The standard InChI is InChI=1S/C17H17F3N4/c18-17(19,20)15-6-2-1-5-14(15)13-22-24-11-9-23(10-12-24)16-7-3-4-8-21-16/h1-8,13H,9-12H2/b22-13-. The third kappa shape index (κ3) is 3.84. The summed E-state index contributed by atoms with van der Waals surface area (Å²) >= 11 is 0. The lowest BCUT2D eigenvalue weighted by atomic mass is 10.1. The van der Waals surface area contributed by atoms with E-state index >= 15 is 0 Å². The van der Waals surface area contributed by atoms with Gasteiger partial charge >= 0.3 is 6.18 Å². The van der Waals surface area contributed by atoms with Crippen LogP contribution in [-0.4, -0.2) is 42.4 Å². The van der Waals surface area contributed by atoms with Gasteiger partial charge in [-0.3, -0.25) is 5.01 Å². The summed E-state index contributed by atoms with van der Waals surface area (Å²) in [5.41, 5.74) is -0.585. The number of alkyl halides is 3. The first-order valence-corrected chi connectivity index (χ1v) is 7.65. The van der Waals surface area contributed by atoms with Crippen molar-refractivity contribution in [1.29, 1.82) is 0 Å². The maximum atomic E-state index is 13.0. The first-order chi connectivity index (χ1) is 11.5. The zero-order valence-electron chi connectivity index (χ0n) is 12.9. The fraction of sp³-hybridized carbons (Fsp3) is 0.294. The first-order valence-electron chi connectivity index (χ1n) is 7.65. The van der Waals surface area contributed by atoms with Crippen LogP contribution in [0.5, 0.6) is 0 Å². The Labute approximate surface area is 138 Å². The summed E-state index contributed by atoms with van der Waals surface area (Å²) in [5, 5.41) is 6.00. The predicted octanol–water partition coefficient (Wildman–Crippen LogP) is 3.26. The van der Waals surface area contributed by atoms with Gasteiger partial charge in [-0.15, -0.1) is 0 Å². The van der Waals surface area contributed by atoms with Crippen LogP contribution in [0.1, 0.15) is 11.1 Å². The lowest BCUT2D eigenvalue weighted by Gasteiger charge is -2.33. The average Bonchev–Trinajstić information content (AvgIpc) is 2.61. The molecule has 1 aromatic carbocycles. The summed E-state index contributed by atoms with van der Waals surface area (Å²) in [5.74, 6) is 0.906. The molecule has 1 saturated heterocycles. The van der Waals surface area contributed by atoms with Crippen LogP contribution in [0.2, 0.25) is 0 Å². The van der Waals surface area contributed by atoms with Gasteiger partial charge in [-0.2, -0.15) is 18.3 Å². The molecule has 0 bridgehead atoms. The normalized spacial score (nSPS) is 16.0. The second-order valence-corrected chi connectivity index (χ2v) is 5.46. The highest BCUT2D eigenvalue weighted by Gasteiger charge is 2.32. The number of hydrogen-bond donors (Lipinski definition) is 0. The second kappa shape index (κ2) is 6.90. The number of hydrogen-bond acceptors (Lipinski definition) is 4. The number of aromatic nitrogens is 1. The van der Waals surface area contributed by atoms with Crippen LogP contribution in [0.4, 0.5) is 19.0 Å². The van der Waals surface area contributed by atoms with Crippen molar-refractivity contribution in [3.8, 4) is 0 Å². The molecule has 0 aliphatic carbocycles. The van der Waals surface area contributed by atoms with E-state index in [-0.39, 0.29) is 5.56 Å². The van der Waals surface area contributed by atoms with Gasteiger partial charge in [0.25, 0.3) is 0 Å². The number of piperazine rings is 1. The SMILES string of the molecule is FC(F)(F)c1ccccc1/C=N\N1CCN(c2ccccn2)CC1. The van der Waals surface area contributed by atoms with Gasteiger partial charge in [0, 0.05) is 24.8 Å². The van der Waals surface area contributed by atoms with Gasteiger partial charge in [-0.1, -0.05) is 24.3 Å². The number of halogens is 3. The van der Waals surface area contributed by atoms with Crippen molar-refractivity contribution in [2.24, 2.45) is 5.10 Å². The van der Waals surface area contributed by atoms with Crippen LogP contribution in [0.25, 0.3) is 0 Å². The van der Waals surface area contributed by atoms with Gasteiger partial charge in [0.2, 0.25) is 0 Å². The molecule has 2 aromatic rings. The van der Waals surface area contributed by atoms with Crippen LogP contribution in [-0.2, 0) is 6.18 Å². The molecule has 0 atom stereocenters. The molecule has 126 valence electrons. The van der Waals surface area contributed by atoms with Crippen molar-refractivity contribution in [2.75, 3.05) is 31.1 Å². The summed E-state index contributed by atoms with van der Waals surface area (Å²) in [6.45, 7) is 2.74. The Kier molecular flexibility index (Phi) is 4.69. The maximum Gasteiger partial charge on any atom is 0.417 e. The third-order valence-electron chi connectivity index (χ3n) is 3.86. The summed E-state index contributed by atoms with van der Waals surface area (Å²) < 4.78 is 38.9. The molecule has 2 heterocycles. The zero-order chi connectivity index (χ0) is 17.0. The molecule has 4 nitrogen and oxygen atoms in total. The molecule has 0 spiro atoms. The molecule has 0 N–H and O–H groups in total. The lowest BCUT2D eigenvalue weighted by Crippen LogP contribution is -2.44. The predicted molar refractivity (Wildman–Crippen MR) is 87.1 cm³/mol. The van der Waals surface area contributed by atoms with E-state index in [1.165, 1.54) is 18.3 Å². The van der Waals surface area contributed by atoms with E-state index in [9.17, 15) is 13.2 Å². The Morgan fingerprint density at radius 2 is 1.67 bits per heavy atom. The van der Waals surface area contributed by atoms with E-state index in [1.54, 1.807) is 17.3 Å². The summed E-state index contributed by atoms with van der Waals surface area (Å²) in [4.78, 5) is 6.44. The fourth-order valence-electron chi connectivity index (χ4n) is 2.59. The van der Waals surface area contributed by atoms with Gasteiger partial charge in [0.1, 0.15) is 5.82 Å². The topological polar surface area (TPSA) is 31.7 Å². The van der Waals surface area contributed by atoms with E-state index < -0.39 is 11.7 Å². The Balaban J connectivity index is 1.64. The van der Waals surface area contributed by atoms with E-state index in [1.807, 2.05) is 18.2 Å². The van der Waals surface area contributed by atoms with Gasteiger partial charge in [-0.05, 0) is 18.2 Å². The molecule has 1 aromatic heterocycles. The van der Waals surface area contributed by atoms with Crippen molar-refractivity contribution < 1.29 is 13.2 Å². The molecule has 0 saturated carbocycles. The van der Waals surface area contributed by atoms with Crippen molar-refractivity contribution in [3.63, 3.8) is 0 Å². The van der Waals surface area contributed by atoms with Crippen LogP contribution in [0, 0.1) is 0 Å². The average molecular weight is 334 g/mol. The fourth-order valence-corrected chi connectivity index (χ4v) is 2.59. The molecule has 24 heavy (non-hydrogen) atoms. The molecule has 1 fully saturated rings. The van der Waals surface area contributed by atoms with Crippen LogP contribution >= 0.6 is 0 Å². The van der Waals surface area contributed by atoms with Crippen molar-refractivity contribution in [1.82, 2.24) is 9.99 Å². The molecular formula is C17H17F3N4. The van der Waals surface area contributed by atoms with Gasteiger partial charge in [-0.25, -0.2) is 4.98 Å². The molecule has 0 amide bonds. The minimum Gasteiger partial charge on any atom is -0.353 e. The van der Waals surface area contributed by atoms with Crippen molar-refractivity contribution in [2.45, 2.75) is 6.18 Å². The molecule has 1 aliphatic rings. The monoisotopic (exact) mass is 334 g/mol. The van der Waals surface area contributed by atoms with E-state index in [0.29, 0.717) is 13.1 Å². The smallest absolute Gasteiger partial charge is 0.353 e. The van der Waals surface area contributed by atoms with E-state index in [2.05, 4.69) is 15.0 Å². The number of anilines is 1. The van der Waals surface area contributed by atoms with E-state index in [0.717, 1.165) is 25.0 Å². The summed E-state index contributed by atoms with van der Waals surface area (Å²) in [6.07, 6.45) is -1.34. The molecular weight excluding hydrogens is 317 g/mol. The van der Waals surface area contributed by atoms with Gasteiger partial charge in [0.05, 0.1) is 24.9 Å². The minimum atomic E-state index is -4.37. The quantitative estimate of drug-likeness (QED) is 0.808. The van der Waals surface area contributed by atoms with Crippen LogP contribution in [0.3, 0.4) is 0 Å². The number of hydrazone groups is 1. The Morgan fingerprint density at radius 3 is 2.33 bits per heavy atom.